The first-order valence-electron chi connectivity index (χ1n) is 12.3. The summed E-state index contributed by atoms with van der Waals surface area (Å²) < 4.78 is 11.4. The molecule has 0 bridgehead atoms. The van der Waals surface area contributed by atoms with E-state index in [9.17, 15) is 4.79 Å². The Labute approximate surface area is 192 Å². The van der Waals surface area contributed by atoms with Crippen molar-refractivity contribution >= 4 is 28.5 Å². The summed E-state index contributed by atoms with van der Waals surface area (Å²) in [7, 11) is 3.55. The van der Waals surface area contributed by atoms with E-state index >= 15 is 0 Å². The van der Waals surface area contributed by atoms with Gasteiger partial charge in [0, 0.05) is 31.3 Å². The number of hydrogen-bond donors (Lipinski definition) is 0. The van der Waals surface area contributed by atoms with Gasteiger partial charge in [-0.25, -0.2) is 0 Å². The van der Waals surface area contributed by atoms with E-state index in [1.807, 2.05) is 36.4 Å². The van der Waals surface area contributed by atoms with Crippen LogP contribution in [0.1, 0.15) is 89.7 Å². The van der Waals surface area contributed by atoms with Crippen LogP contribution in [0.5, 0.6) is 11.5 Å². The molecule has 2 aromatic rings. The third-order valence-corrected chi connectivity index (χ3v) is 6.20. The topological polar surface area (TPSA) is 51.7 Å². The molecule has 0 saturated carbocycles. The minimum Gasteiger partial charge on any atom is -0.493 e. The molecule has 1 aliphatic heterocycles. The fourth-order valence-electron chi connectivity index (χ4n) is 4.38. The van der Waals surface area contributed by atoms with Gasteiger partial charge in [-0.2, -0.15) is 0 Å². The molecule has 5 nitrogen and oxygen atoms in total. The van der Waals surface area contributed by atoms with Crippen molar-refractivity contribution in [2.75, 3.05) is 19.1 Å². The summed E-state index contributed by atoms with van der Waals surface area (Å²) >= 11 is 0. The maximum atomic E-state index is 12.6. The molecule has 1 aromatic carbocycles. The highest BCUT2D eigenvalue weighted by Gasteiger charge is 2.24. The van der Waals surface area contributed by atoms with Crippen LogP contribution in [0.25, 0.3) is 16.8 Å². The van der Waals surface area contributed by atoms with Gasteiger partial charge in [-0.1, -0.05) is 71.1 Å². The fraction of sp³-hybridized carbons (Fsp3) is 0.556. The number of ether oxygens (including phenoxy) is 2. The number of pyridine rings is 1. The number of aromatic nitrogens is 1. The standard InChI is InChI=1S/C27H38N2O3/c1-4-5-6-7-8-9-10-11-12-13-14-15-24(30)32-27-23(31-3)20-21-16-18-28-22-17-19-29(2)26(27)25(21)22/h16-20H,4-15H2,1-3H3. The Morgan fingerprint density at radius 3 is 2.31 bits per heavy atom. The van der Waals surface area contributed by atoms with Crippen LogP contribution in [0.15, 0.2) is 24.5 Å². The molecule has 0 N–H and O–H groups in total. The SMILES string of the molecule is CCCCCCCCCCCCCC(=O)Oc1c(OC)cc2ccnc3c2c1N(C)C=C3. The number of benzene rings is 1. The van der Waals surface area contributed by atoms with Crippen LogP contribution in [0.2, 0.25) is 0 Å². The van der Waals surface area contributed by atoms with Gasteiger partial charge >= 0.3 is 5.97 Å². The molecule has 0 spiro atoms. The van der Waals surface area contributed by atoms with Crippen molar-refractivity contribution < 1.29 is 14.3 Å². The summed E-state index contributed by atoms with van der Waals surface area (Å²) in [5.74, 6) is 0.844. The van der Waals surface area contributed by atoms with Gasteiger partial charge in [0.05, 0.1) is 18.5 Å². The number of nitrogens with zero attached hydrogens (tertiary/aromatic N) is 2. The van der Waals surface area contributed by atoms with Gasteiger partial charge in [-0.15, -0.1) is 0 Å². The lowest BCUT2D eigenvalue weighted by atomic mass is 10.0. The van der Waals surface area contributed by atoms with Crippen LogP contribution in [0, 0.1) is 0 Å². The monoisotopic (exact) mass is 438 g/mol. The maximum absolute atomic E-state index is 12.6. The van der Waals surface area contributed by atoms with Crippen molar-refractivity contribution in [1.29, 1.82) is 0 Å². The summed E-state index contributed by atoms with van der Waals surface area (Å²) in [6, 6.07) is 3.87. The van der Waals surface area contributed by atoms with Gasteiger partial charge in [-0.05, 0) is 30.0 Å². The molecule has 1 aliphatic rings. The zero-order valence-electron chi connectivity index (χ0n) is 20.0. The molecule has 0 fully saturated rings. The van der Waals surface area contributed by atoms with E-state index in [1.54, 1.807) is 13.3 Å². The number of esters is 1. The molecule has 2 heterocycles. The summed E-state index contributed by atoms with van der Waals surface area (Å²) in [5.41, 5.74) is 1.71. The Kier molecular flexibility index (Phi) is 9.39. The van der Waals surface area contributed by atoms with Crippen LogP contribution in [-0.4, -0.2) is 25.1 Å². The second-order valence-corrected chi connectivity index (χ2v) is 8.74. The number of methoxy groups -OCH3 is 1. The molecule has 5 heteroatoms. The Bertz CT molecular complexity index is 923. The van der Waals surface area contributed by atoms with Crippen molar-refractivity contribution in [3.8, 4) is 11.5 Å². The zero-order valence-corrected chi connectivity index (χ0v) is 20.0. The maximum Gasteiger partial charge on any atom is 0.311 e. The van der Waals surface area contributed by atoms with Crippen molar-refractivity contribution in [2.45, 2.75) is 84.0 Å². The van der Waals surface area contributed by atoms with Gasteiger partial charge in [0.15, 0.2) is 11.5 Å². The Balaban J connectivity index is 1.48. The van der Waals surface area contributed by atoms with Gasteiger partial charge in [0.1, 0.15) is 0 Å². The van der Waals surface area contributed by atoms with Crippen molar-refractivity contribution in [1.82, 2.24) is 4.98 Å². The molecule has 0 amide bonds. The highest BCUT2D eigenvalue weighted by atomic mass is 16.6. The van der Waals surface area contributed by atoms with E-state index in [2.05, 4.69) is 11.9 Å². The molecular formula is C27H38N2O3. The van der Waals surface area contributed by atoms with Gasteiger partial charge in [0.2, 0.25) is 0 Å². The number of carbonyl (C=O) groups excluding carboxylic acids is 1. The Hall–Kier alpha value is -2.56. The largest absolute Gasteiger partial charge is 0.493 e. The van der Waals surface area contributed by atoms with Crippen LogP contribution < -0.4 is 14.4 Å². The van der Waals surface area contributed by atoms with Gasteiger partial charge in [0.25, 0.3) is 0 Å². The van der Waals surface area contributed by atoms with E-state index in [4.69, 9.17) is 9.47 Å². The first-order chi connectivity index (χ1) is 15.7. The molecule has 3 rings (SSSR count). The highest BCUT2D eigenvalue weighted by molar-refractivity contribution is 6.06. The zero-order chi connectivity index (χ0) is 22.8. The molecule has 0 aliphatic carbocycles. The van der Waals surface area contributed by atoms with Crippen molar-refractivity contribution in [3.63, 3.8) is 0 Å². The van der Waals surface area contributed by atoms with Crippen LogP contribution in [0.3, 0.4) is 0 Å². The lowest BCUT2D eigenvalue weighted by molar-refractivity contribution is -0.134. The average Bonchev–Trinajstić information content (AvgIpc) is 2.80. The summed E-state index contributed by atoms with van der Waals surface area (Å²) in [6.45, 7) is 2.26. The normalized spacial score (nSPS) is 12.4. The van der Waals surface area contributed by atoms with E-state index < -0.39 is 0 Å². The number of unbranched alkanes of at least 4 members (excludes halogenated alkanes) is 10. The number of carbonyl (C=O) groups is 1. The highest BCUT2D eigenvalue weighted by Crippen LogP contribution is 2.46. The number of anilines is 1. The molecule has 0 unspecified atom stereocenters. The minimum absolute atomic E-state index is 0.205. The third-order valence-electron chi connectivity index (χ3n) is 6.20. The minimum atomic E-state index is -0.205. The van der Waals surface area contributed by atoms with E-state index in [0.29, 0.717) is 17.9 Å². The summed E-state index contributed by atoms with van der Waals surface area (Å²) in [4.78, 5) is 19.1. The Morgan fingerprint density at radius 2 is 1.66 bits per heavy atom. The third kappa shape index (κ3) is 6.24. The number of rotatable bonds is 14. The van der Waals surface area contributed by atoms with Crippen LogP contribution in [-0.2, 0) is 4.79 Å². The molecule has 0 radical (unpaired) electrons. The molecular weight excluding hydrogens is 400 g/mol. The molecule has 0 saturated heterocycles. The second kappa shape index (κ2) is 12.5. The molecule has 32 heavy (non-hydrogen) atoms. The van der Waals surface area contributed by atoms with E-state index in [0.717, 1.165) is 35.0 Å². The predicted octanol–water partition coefficient (Wildman–Crippen LogP) is 7.27. The van der Waals surface area contributed by atoms with Crippen molar-refractivity contribution in [2.24, 2.45) is 0 Å². The second-order valence-electron chi connectivity index (χ2n) is 8.74. The summed E-state index contributed by atoms with van der Waals surface area (Å²) in [5, 5.41) is 2.00. The first kappa shape index (κ1) is 24.1. The fourth-order valence-corrected chi connectivity index (χ4v) is 4.38. The smallest absolute Gasteiger partial charge is 0.311 e. The molecule has 174 valence electrons. The average molecular weight is 439 g/mol. The predicted molar refractivity (Wildman–Crippen MR) is 132 cm³/mol. The lowest BCUT2D eigenvalue weighted by Crippen LogP contribution is -2.17. The first-order valence-corrected chi connectivity index (χ1v) is 12.3. The van der Waals surface area contributed by atoms with E-state index in [1.165, 1.54) is 57.8 Å². The van der Waals surface area contributed by atoms with Crippen LogP contribution >= 0.6 is 0 Å². The summed E-state index contributed by atoms with van der Waals surface area (Å²) in [6.07, 6.45) is 20.0. The van der Waals surface area contributed by atoms with Crippen molar-refractivity contribution in [3.05, 3.63) is 30.2 Å². The van der Waals surface area contributed by atoms with Crippen LogP contribution in [0.4, 0.5) is 5.69 Å². The Morgan fingerprint density at radius 1 is 1.00 bits per heavy atom. The van der Waals surface area contributed by atoms with E-state index in [-0.39, 0.29) is 5.97 Å². The van der Waals surface area contributed by atoms with Gasteiger partial charge in [-0.3, -0.25) is 9.78 Å². The molecule has 0 atom stereocenters. The molecule has 1 aromatic heterocycles. The van der Waals surface area contributed by atoms with Gasteiger partial charge < -0.3 is 14.4 Å². The lowest BCUT2D eigenvalue weighted by Gasteiger charge is -2.25. The quantitative estimate of drug-likeness (QED) is 0.176. The number of hydrogen-bond acceptors (Lipinski definition) is 5.